The normalized spacial score (nSPS) is 10.6. The Bertz CT molecular complexity index is 636. The molecule has 20 heavy (non-hydrogen) atoms. The Balaban J connectivity index is 2.07. The van der Waals surface area contributed by atoms with Gasteiger partial charge in [0, 0.05) is 10.6 Å². The molecule has 0 aliphatic carbocycles. The first-order valence-electron chi connectivity index (χ1n) is 6.24. The molecule has 106 valence electrons. The molecule has 1 amide bonds. The lowest BCUT2D eigenvalue weighted by Crippen LogP contribution is -2.20. The van der Waals surface area contributed by atoms with E-state index in [4.69, 9.17) is 5.73 Å². The van der Waals surface area contributed by atoms with Crippen molar-refractivity contribution >= 4 is 29.0 Å². The summed E-state index contributed by atoms with van der Waals surface area (Å²) in [5.41, 5.74) is 8.85. The first kappa shape index (κ1) is 14.5. The quantitative estimate of drug-likeness (QED) is 0.848. The van der Waals surface area contributed by atoms with Gasteiger partial charge in [-0.3, -0.25) is 9.48 Å². The molecule has 1 aromatic heterocycles. The molecule has 2 aromatic rings. The summed E-state index contributed by atoms with van der Waals surface area (Å²) in [4.78, 5) is 13.1. The molecule has 0 saturated carbocycles. The number of nitrogens with one attached hydrogen (secondary N) is 1. The molecule has 1 heterocycles. The highest BCUT2D eigenvalue weighted by Gasteiger charge is 2.11. The second-order valence-electron chi connectivity index (χ2n) is 4.52. The summed E-state index contributed by atoms with van der Waals surface area (Å²) in [5.74, 6) is -0.117. The second kappa shape index (κ2) is 6.00. The van der Waals surface area contributed by atoms with E-state index in [2.05, 4.69) is 10.4 Å². The van der Waals surface area contributed by atoms with Crippen LogP contribution >= 0.6 is 11.8 Å². The molecule has 0 spiro atoms. The van der Waals surface area contributed by atoms with Crippen molar-refractivity contribution in [2.75, 3.05) is 17.3 Å². The van der Waals surface area contributed by atoms with E-state index < -0.39 is 0 Å². The molecule has 0 atom stereocenters. The number of rotatable bonds is 4. The molecule has 0 radical (unpaired) electrons. The van der Waals surface area contributed by atoms with Crippen LogP contribution in [0.5, 0.6) is 0 Å². The molecule has 5 nitrogen and oxygen atoms in total. The van der Waals surface area contributed by atoms with Crippen LogP contribution in [-0.4, -0.2) is 21.9 Å². The van der Waals surface area contributed by atoms with E-state index in [0.717, 1.165) is 22.0 Å². The van der Waals surface area contributed by atoms with E-state index in [1.807, 2.05) is 44.4 Å². The number of nitrogens with zero attached hydrogens (tertiary/aromatic N) is 2. The third kappa shape index (κ3) is 3.14. The highest BCUT2D eigenvalue weighted by molar-refractivity contribution is 7.98. The largest absolute Gasteiger partial charge is 0.396 e. The van der Waals surface area contributed by atoms with Crippen molar-refractivity contribution < 1.29 is 4.79 Å². The summed E-state index contributed by atoms with van der Waals surface area (Å²) >= 11 is 1.64. The fourth-order valence-corrected chi connectivity index (χ4v) is 2.36. The molecule has 0 unspecified atom stereocenters. The Kier molecular flexibility index (Phi) is 4.34. The van der Waals surface area contributed by atoms with Gasteiger partial charge in [-0.05, 0) is 38.3 Å². The number of carbonyl (C=O) groups is 1. The van der Waals surface area contributed by atoms with Crippen LogP contribution < -0.4 is 11.1 Å². The first-order valence-corrected chi connectivity index (χ1v) is 7.47. The number of nitrogen functional groups attached to an aromatic ring is 1. The predicted molar refractivity (Wildman–Crippen MR) is 83.0 cm³/mol. The van der Waals surface area contributed by atoms with Crippen molar-refractivity contribution in [3.8, 4) is 0 Å². The van der Waals surface area contributed by atoms with Crippen LogP contribution in [0, 0.1) is 13.8 Å². The Hall–Kier alpha value is -1.95. The van der Waals surface area contributed by atoms with Crippen LogP contribution in [0.25, 0.3) is 0 Å². The third-order valence-electron chi connectivity index (χ3n) is 3.08. The zero-order chi connectivity index (χ0) is 14.7. The maximum Gasteiger partial charge on any atom is 0.246 e. The molecule has 0 aliphatic heterocycles. The van der Waals surface area contributed by atoms with Gasteiger partial charge < -0.3 is 11.1 Å². The van der Waals surface area contributed by atoms with Crippen LogP contribution in [-0.2, 0) is 11.3 Å². The number of nitrogens with two attached hydrogens (primary N) is 1. The zero-order valence-corrected chi connectivity index (χ0v) is 12.6. The lowest BCUT2D eigenvalue weighted by Gasteiger charge is -2.08. The van der Waals surface area contributed by atoms with Crippen molar-refractivity contribution in [3.05, 3.63) is 35.7 Å². The number of hydrogen-bond acceptors (Lipinski definition) is 4. The van der Waals surface area contributed by atoms with Gasteiger partial charge in [0.15, 0.2) is 0 Å². The fourth-order valence-electron chi connectivity index (χ4n) is 1.90. The monoisotopic (exact) mass is 290 g/mol. The highest BCUT2D eigenvalue weighted by atomic mass is 32.2. The van der Waals surface area contributed by atoms with E-state index >= 15 is 0 Å². The number of thioether (sulfide) groups is 1. The molecule has 0 saturated heterocycles. The molecule has 0 fully saturated rings. The molecule has 6 heteroatoms. The minimum absolute atomic E-state index is 0.117. The van der Waals surface area contributed by atoms with Gasteiger partial charge in [-0.15, -0.1) is 11.8 Å². The Morgan fingerprint density at radius 1 is 1.45 bits per heavy atom. The number of carbonyl (C=O) groups excluding carboxylic acids is 1. The van der Waals surface area contributed by atoms with Crippen LogP contribution in [0.3, 0.4) is 0 Å². The molecular weight excluding hydrogens is 272 g/mol. The van der Waals surface area contributed by atoms with E-state index in [1.54, 1.807) is 16.4 Å². The maximum atomic E-state index is 12.0. The Labute approximate surface area is 122 Å². The van der Waals surface area contributed by atoms with E-state index in [9.17, 15) is 4.79 Å². The fraction of sp³-hybridized carbons (Fsp3) is 0.286. The van der Waals surface area contributed by atoms with Crippen LogP contribution in [0.2, 0.25) is 0 Å². The Morgan fingerprint density at radius 3 is 2.80 bits per heavy atom. The minimum Gasteiger partial charge on any atom is -0.396 e. The minimum atomic E-state index is -0.117. The topological polar surface area (TPSA) is 72.9 Å². The Morgan fingerprint density at radius 2 is 2.20 bits per heavy atom. The van der Waals surface area contributed by atoms with E-state index in [0.29, 0.717) is 5.69 Å². The van der Waals surface area contributed by atoms with Gasteiger partial charge in [0.1, 0.15) is 6.54 Å². The van der Waals surface area contributed by atoms with Gasteiger partial charge in [0.2, 0.25) is 5.91 Å². The van der Waals surface area contributed by atoms with Gasteiger partial charge in [0.05, 0.1) is 17.1 Å². The van der Waals surface area contributed by atoms with Gasteiger partial charge in [-0.25, -0.2) is 0 Å². The maximum absolute atomic E-state index is 12.0. The average Bonchev–Trinajstić information content (AvgIpc) is 2.66. The lowest BCUT2D eigenvalue weighted by atomic mass is 10.3. The smallest absolute Gasteiger partial charge is 0.246 e. The summed E-state index contributed by atoms with van der Waals surface area (Å²) in [7, 11) is 0. The summed E-state index contributed by atoms with van der Waals surface area (Å²) in [6, 6.07) is 7.73. The lowest BCUT2D eigenvalue weighted by molar-refractivity contribution is -0.116. The number of benzene rings is 1. The first-order chi connectivity index (χ1) is 9.51. The summed E-state index contributed by atoms with van der Waals surface area (Å²) < 4.78 is 1.62. The average molecular weight is 290 g/mol. The number of aryl methyl sites for hydroxylation is 1. The molecule has 0 aliphatic rings. The van der Waals surface area contributed by atoms with E-state index in [-0.39, 0.29) is 12.5 Å². The van der Waals surface area contributed by atoms with Crippen molar-refractivity contribution in [2.24, 2.45) is 0 Å². The number of aromatic nitrogens is 2. The second-order valence-corrected chi connectivity index (χ2v) is 5.40. The summed E-state index contributed by atoms with van der Waals surface area (Å²) in [6.07, 6.45) is 2.00. The third-order valence-corrected chi connectivity index (χ3v) is 3.81. The molecule has 1 aromatic carbocycles. The van der Waals surface area contributed by atoms with Crippen LogP contribution in [0.15, 0.2) is 29.2 Å². The number of anilines is 2. The molecular formula is C14H18N4OS. The number of hydrogen-bond donors (Lipinski definition) is 2. The van der Waals surface area contributed by atoms with Gasteiger partial charge in [-0.2, -0.15) is 5.10 Å². The zero-order valence-electron chi connectivity index (χ0n) is 11.8. The van der Waals surface area contributed by atoms with E-state index in [1.165, 1.54) is 0 Å². The number of amides is 1. The molecule has 2 rings (SSSR count). The molecule has 3 N–H and O–H groups in total. The summed E-state index contributed by atoms with van der Waals surface area (Å²) in [5, 5.41) is 7.12. The SMILES string of the molecule is CSc1cccc(NC(=O)Cn2nc(C)c(N)c2C)c1. The van der Waals surface area contributed by atoms with Crippen molar-refractivity contribution in [1.82, 2.24) is 9.78 Å². The van der Waals surface area contributed by atoms with Crippen molar-refractivity contribution in [1.29, 1.82) is 0 Å². The van der Waals surface area contributed by atoms with Gasteiger partial charge >= 0.3 is 0 Å². The standard InChI is InChI=1S/C14H18N4OS/c1-9-14(15)10(2)18(17-9)8-13(19)16-11-5-4-6-12(7-11)20-3/h4-7H,8,15H2,1-3H3,(H,16,19). The highest BCUT2D eigenvalue weighted by Crippen LogP contribution is 2.19. The van der Waals surface area contributed by atoms with Crippen LogP contribution in [0.4, 0.5) is 11.4 Å². The van der Waals surface area contributed by atoms with Crippen LogP contribution in [0.1, 0.15) is 11.4 Å². The predicted octanol–water partition coefficient (Wildman–Crippen LogP) is 2.44. The van der Waals surface area contributed by atoms with Gasteiger partial charge in [-0.1, -0.05) is 6.07 Å². The van der Waals surface area contributed by atoms with Gasteiger partial charge in [0.25, 0.3) is 0 Å². The van der Waals surface area contributed by atoms with Crippen molar-refractivity contribution in [2.45, 2.75) is 25.3 Å². The molecule has 0 bridgehead atoms. The van der Waals surface area contributed by atoms with Crippen molar-refractivity contribution in [3.63, 3.8) is 0 Å². The summed E-state index contributed by atoms with van der Waals surface area (Å²) in [6.45, 7) is 3.85.